The molecule has 2 N–H and O–H groups in total. The average molecular weight is 283 g/mol. The number of rotatable bonds is 3. The summed E-state index contributed by atoms with van der Waals surface area (Å²) in [4.78, 5) is 12.4. The molecular formula is C12H15ClN4O2. The van der Waals surface area contributed by atoms with E-state index in [9.17, 15) is 10.2 Å². The van der Waals surface area contributed by atoms with Gasteiger partial charge in [-0.1, -0.05) is 11.6 Å². The highest BCUT2D eigenvalue weighted by Gasteiger charge is 2.35. The summed E-state index contributed by atoms with van der Waals surface area (Å²) >= 11 is 5.98. The number of aliphatic hydroxyl groups is 2. The van der Waals surface area contributed by atoms with E-state index in [1.54, 1.807) is 6.33 Å². The van der Waals surface area contributed by atoms with E-state index >= 15 is 0 Å². The molecule has 2 atom stereocenters. The first-order valence-corrected chi connectivity index (χ1v) is 6.67. The fraction of sp³-hybridized carbons (Fsp3) is 0.583. The van der Waals surface area contributed by atoms with Gasteiger partial charge < -0.3 is 14.8 Å². The topological polar surface area (TPSA) is 84.1 Å². The van der Waals surface area contributed by atoms with E-state index in [0.717, 1.165) is 12.8 Å². The van der Waals surface area contributed by atoms with E-state index in [0.29, 0.717) is 16.3 Å². The van der Waals surface area contributed by atoms with E-state index in [-0.39, 0.29) is 31.1 Å². The molecule has 2 heterocycles. The van der Waals surface area contributed by atoms with Gasteiger partial charge >= 0.3 is 0 Å². The van der Waals surface area contributed by atoms with Crippen molar-refractivity contribution in [3.63, 3.8) is 0 Å². The lowest BCUT2D eigenvalue weighted by Crippen LogP contribution is -2.15. The Morgan fingerprint density at radius 3 is 2.47 bits per heavy atom. The molecule has 0 unspecified atom stereocenters. The fourth-order valence-corrected chi connectivity index (χ4v) is 3.12. The highest BCUT2D eigenvalue weighted by molar-refractivity contribution is 6.33. The van der Waals surface area contributed by atoms with Crippen LogP contribution in [0, 0.1) is 11.8 Å². The van der Waals surface area contributed by atoms with Gasteiger partial charge in [0.15, 0.2) is 10.8 Å². The Bertz CT molecular complexity index is 576. The summed E-state index contributed by atoms with van der Waals surface area (Å²) in [6.45, 7) is 0.203. The Kier molecular flexibility index (Phi) is 3.38. The van der Waals surface area contributed by atoms with Crippen LogP contribution in [0.15, 0.2) is 12.7 Å². The van der Waals surface area contributed by atoms with Gasteiger partial charge in [-0.15, -0.1) is 0 Å². The predicted molar refractivity (Wildman–Crippen MR) is 69.8 cm³/mol. The molecule has 0 bridgehead atoms. The highest BCUT2D eigenvalue weighted by atomic mass is 35.5. The molecule has 0 spiro atoms. The van der Waals surface area contributed by atoms with Gasteiger partial charge in [-0.3, -0.25) is 0 Å². The minimum Gasteiger partial charge on any atom is -0.396 e. The Balaban J connectivity index is 1.95. The summed E-state index contributed by atoms with van der Waals surface area (Å²) in [6.07, 6.45) is 4.76. The number of nitrogens with zero attached hydrogens (tertiary/aromatic N) is 4. The number of aromatic nitrogens is 4. The molecule has 2 aromatic heterocycles. The third kappa shape index (κ3) is 2.09. The molecule has 19 heavy (non-hydrogen) atoms. The van der Waals surface area contributed by atoms with Gasteiger partial charge in [0.1, 0.15) is 11.8 Å². The molecule has 2 aromatic rings. The smallest absolute Gasteiger partial charge is 0.165 e. The van der Waals surface area contributed by atoms with Gasteiger partial charge in [-0.05, 0) is 24.7 Å². The monoisotopic (exact) mass is 282 g/mol. The van der Waals surface area contributed by atoms with Gasteiger partial charge in [0.25, 0.3) is 0 Å². The number of hydrogen-bond acceptors (Lipinski definition) is 5. The molecule has 1 saturated carbocycles. The third-order valence-electron chi connectivity index (χ3n) is 3.99. The van der Waals surface area contributed by atoms with Crippen molar-refractivity contribution < 1.29 is 10.2 Å². The highest BCUT2D eigenvalue weighted by Crippen LogP contribution is 2.40. The van der Waals surface area contributed by atoms with Crippen molar-refractivity contribution in [3.05, 3.63) is 17.8 Å². The number of imidazole rings is 1. The minimum atomic E-state index is 0.101. The van der Waals surface area contributed by atoms with Crippen LogP contribution in [-0.2, 0) is 0 Å². The molecule has 0 aliphatic heterocycles. The van der Waals surface area contributed by atoms with Crippen LogP contribution < -0.4 is 0 Å². The van der Waals surface area contributed by atoms with Gasteiger partial charge in [-0.25, -0.2) is 15.0 Å². The Labute approximate surface area is 115 Å². The first-order chi connectivity index (χ1) is 9.24. The molecule has 1 fully saturated rings. The van der Waals surface area contributed by atoms with Gasteiger partial charge in [0.05, 0.1) is 6.33 Å². The van der Waals surface area contributed by atoms with Gasteiger partial charge in [0.2, 0.25) is 0 Å². The molecule has 0 aromatic carbocycles. The van der Waals surface area contributed by atoms with Crippen molar-refractivity contribution in [1.82, 2.24) is 19.5 Å². The van der Waals surface area contributed by atoms with Crippen molar-refractivity contribution in [1.29, 1.82) is 0 Å². The van der Waals surface area contributed by atoms with E-state index < -0.39 is 0 Å². The van der Waals surface area contributed by atoms with Crippen molar-refractivity contribution in [2.45, 2.75) is 18.9 Å². The quantitative estimate of drug-likeness (QED) is 0.822. The second kappa shape index (κ2) is 5.03. The van der Waals surface area contributed by atoms with Gasteiger partial charge in [0, 0.05) is 19.3 Å². The average Bonchev–Trinajstić information content (AvgIpc) is 3.02. The zero-order valence-electron chi connectivity index (χ0n) is 10.3. The lowest BCUT2D eigenvalue weighted by Gasteiger charge is -2.12. The first kappa shape index (κ1) is 12.8. The van der Waals surface area contributed by atoms with E-state index in [2.05, 4.69) is 15.0 Å². The van der Waals surface area contributed by atoms with Crippen molar-refractivity contribution in [2.75, 3.05) is 13.2 Å². The van der Waals surface area contributed by atoms with Gasteiger partial charge in [-0.2, -0.15) is 0 Å². The molecule has 6 nitrogen and oxygen atoms in total. The van der Waals surface area contributed by atoms with E-state index in [1.807, 2.05) is 4.57 Å². The van der Waals surface area contributed by atoms with Crippen LogP contribution in [0.4, 0.5) is 0 Å². The van der Waals surface area contributed by atoms with Crippen LogP contribution in [0.1, 0.15) is 18.9 Å². The van der Waals surface area contributed by atoms with Crippen LogP contribution in [-0.4, -0.2) is 42.9 Å². The van der Waals surface area contributed by atoms with Crippen LogP contribution >= 0.6 is 11.6 Å². The van der Waals surface area contributed by atoms with Crippen LogP contribution in [0.3, 0.4) is 0 Å². The maximum absolute atomic E-state index is 9.36. The molecule has 0 saturated heterocycles. The second-order valence-corrected chi connectivity index (χ2v) is 5.36. The third-order valence-corrected chi connectivity index (χ3v) is 4.27. The zero-order chi connectivity index (χ0) is 13.4. The molecule has 1 aliphatic carbocycles. The zero-order valence-corrected chi connectivity index (χ0v) is 11.0. The Morgan fingerprint density at radius 1 is 1.16 bits per heavy atom. The minimum absolute atomic E-state index is 0.101. The van der Waals surface area contributed by atoms with Crippen molar-refractivity contribution in [2.24, 2.45) is 11.8 Å². The molecule has 7 heteroatoms. The summed E-state index contributed by atoms with van der Waals surface area (Å²) in [6, 6.07) is 0.185. The van der Waals surface area contributed by atoms with Crippen molar-refractivity contribution >= 4 is 22.8 Å². The Hall–Kier alpha value is -1.24. The van der Waals surface area contributed by atoms with Crippen LogP contribution in [0.5, 0.6) is 0 Å². The largest absolute Gasteiger partial charge is 0.396 e. The molecular weight excluding hydrogens is 268 g/mol. The number of halogens is 1. The lowest BCUT2D eigenvalue weighted by atomic mass is 9.98. The fourth-order valence-electron chi connectivity index (χ4n) is 2.94. The van der Waals surface area contributed by atoms with Crippen LogP contribution in [0.25, 0.3) is 11.2 Å². The summed E-state index contributed by atoms with van der Waals surface area (Å²) in [7, 11) is 0. The molecule has 0 radical (unpaired) electrons. The molecule has 102 valence electrons. The summed E-state index contributed by atoms with van der Waals surface area (Å²) < 4.78 is 1.97. The van der Waals surface area contributed by atoms with E-state index in [1.165, 1.54) is 6.33 Å². The molecule has 0 amide bonds. The number of fused-ring (bicyclic) bond motifs is 1. The number of hydrogen-bond donors (Lipinski definition) is 2. The predicted octanol–water partition coefficient (Wildman–Crippen LogP) is 1.03. The van der Waals surface area contributed by atoms with Crippen molar-refractivity contribution in [3.8, 4) is 0 Å². The Morgan fingerprint density at radius 2 is 1.84 bits per heavy atom. The maximum atomic E-state index is 9.36. The van der Waals surface area contributed by atoms with E-state index in [4.69, 9.17) is 11.6 Å². The summed E-state index contributed by atoms with van der Waals surface area (Å²) in [5.41, 5.74) is 1.30. The maximum Gasteiger partial charge on any atom is 0.165 e. The summed E-state index contributed by atoms with van der Waals surface area (Å²) in [5, 5.41) is 19.1. The summed E-state index contributed by atoms with van der Waals surface area (Å²) in [5.74, 6) is 0.259. The van der Waals surface area contributed by atoms with Crippen LogP contribution in [0.2, 0.25) is 5.15 Å². The lowest BCUT2D eigenvalue weighted by molar-refractivity contribution is 0.141. The first-order valence-electron chi connectivity index (χ1n) is 6.29. The SMILES string of the molecule is OC[C@@H]1CC(n2cnc3c(Cl)ncnc32)C[C@H]1CO. The number of aliphatic hydroxyl groups excluding tert-OH is 2. The molecule has 3 rings (SSSR count). The molecule has 1 aliphatic rings. The normalized spacial score (nSPS) is 24.4. The second-order valence-electron chi connectivity index (χ2n) is 5.00. The standard InChI is InChI=1S/C12H15ClN4O2/c13-11-10-12(15-5-14-11)17(6-16-10)9-1-7(3-18)8(2-9)4-19/h5-9,18-19H,1-4H2/t7-,8-/m0/s1.